The highest BCUT2D eigenvalue weighted by Crippen LogP contribution is 2.19. The number of benzene rings is 1. The summed E-state index contributed by atoms with van der Waals surface area (Å²) < 4.78 is 14.6. The van der Waals surface area contributed by atoms with Gasteiger partial charge in [-0.05, 0) is 24.6 Å². The second-order valence-corrected chi connectivity index (χ2v) is 4.20. The number of rotatable bonds is 2. The molecule has 0 bridgehead atoms. The highest BCUT2D eigenvalue weighted by molar-refractivity contribution is 5.61. The Hall–Kier alpha value is -2.56. The van der Waals surface area contributed by atoms with E-state index in [0.717, 1.165) is 16.8 Å². The molecule has 0 spiro atoms. The van der Waals surface area contributed by atoms with Gasteiger partial charge in [-0.25, -0.2) is 19.0 Å². The molecule has 3 aromatic rings. The second-order valence-electron chi connectivity index (χ2n) is 4.20. The Morgan fingerprint density at radius 2 is 1.84 bits per heavy atom. The first-order chi connectivity index (χ1) is 9.22. The lowest BCUT2D eigenvalue weighted by atomic mass is 10.1. The van der Waals surface area contributed by atoms with Crippen LogP contribution in [0.2, 0.25) is 0 Å². The Balaban J connectivity index is 1.97. The van der Waals surface area contributed by atoms with E-state index in [1.165, 1.54) is 18.5 Å². The number of nitrogens with zero attached hydrogens (tertiary/aromatic N) is 4. The van der Waals surface area contributed by atoms with E-state index < -0.39 is 0 Å². The van der Waals surface area contributed by atoms with E-state index in [1.807, 2.05) is 19.2 Å². The SMILES string of the molecule is Cc1cc(-n2cc(-c3ccc(F)cc3)cn2)ncn1. The molecule has 0 unspecified atom stereocenters. The molecule has 0 aliphatic rings. The fraction of sp³-hybridized carbons (Fsp3) is 0.0714. The van der Waals surface area contributed by atoms with Crippen LogP contribution in [0.25, 0.3) is 16.9 Å². The molecular formula is C14H11FN4. The topological polar surface area (TPSA) is 43.6 Å². The monoisotopic (exact) mass is 254 g/mol. The number of aryl methyl sites for hydroxylation is 1. The van der Waals surface area contributed by atoms with Crippen molar-refractivity contribution in [1.29, 1.82) is 0 Å². The molecule has 0 atom stereocenters. The molecule has 0 saturated heterocycles. The van der Waals surface area contributed by atoms with Crippen molar-refractivity contribution in [2.24, 2.45) is 0 Å². The zero-order valence-corrected chi connectivity index (χ0v) is 10.3. The summed E-state index contributed by atoms with van der Waals surface area (Å²) in [5.74, 6) is 0.462. The minimum atomic E-state index is -0.248. The molecule has 5 heteroatoms. The maximum Gasteiger partial charge on any atom is 0.156 e. The summed E-state index contributed by atoms with van der Waals surface area (Å²) >= 11 is 0. The number of hydrogen-bond acceptors (Lipinski definition) is 3. The van der Waals surface area contributed by atoms with Gasteiger partial charge in [0.25, 0.3) is 0 Å². The molecule has 1 aromatic carbocycles. The van der Waals surface area contributed by atoms with Gasteiger partial charge in [0.15, 0.2) is 5.82 Å². The summed E-state index contributed by atoms with van der Waals surface area (Å²) in [5, 5.41) is 4.26. The lowest BCUT2D eigenvalue weighted by Gasteiger charge is -2.00. The van der Waals surface area contributed by atoms with Gasteiger partial charge in [0.05, 0.1) is 6.20 Å². The number of halogens is 1. The van der Waals surface area contributed by atoms with Gasteiger partial charge in [0.1, 0.15) is 12.1 Å². The Morgan fingerprint density at radius 1 is 1.05 bits per heavy atom. The largest absolute Gasteiger partial charge is 0.242 e. The average Bonchev–Trinajstić information content (AvgIpc) is 2.89. The molecule has 3 rings (SSSR count). The maximum atomic E-state index is 12.9. The predicted octanol–water partition coefficient (Wildman–Crippen LogP) is 2.78. The Bertz CT molecular complexity index is 703. The van der Waals surface area contributed by atoms with E-state index >= 15 is 0 Å². The van der Waals surface area contributed by atoms with Crippen LogP contribution in [-0.4, -0.2) is 19.7 Å². The summed E-state index contributed by atoms with van der Waals surface area (Å²) in [5.41, 5.74) is 2.71. The van der Waals surface area contributed by atoms with Gasteiger partial charge in [-0.1, -0.05) is 12.1 Å². The maximum absolute atomic E-state index is 12.9. The smallest absolute Gasteiger partial charge is 0.156 e. The molecule has 0 aliphatic heterocycles. The summed E-state index contributed by atoms with van der Waals surface area (Å²) in [6.07, 6.45) is 5.09. The summed E-state index contributed by atoms with van der Waals surface area (Å²) in [4.78, 5) is 8.21. The third-order valence-electron chi connectivity index (χ3n) is 2.78. The van der Waals surface area contributed by atoms with Crippen LogP contribution in [0, 0.1) is 12.7 Å². The van der Waals surface area contributed by atoms with Crippen molar-refractivity contribution < 1.29 is 4.39 Å². The van der Waals surface area contributed by atoms with Crippen molar-refractivity contribution >= 4 is 0 Å². The van der Waals surface area contributed by atoms with E-state index in [2.05, 4.69) is 15.1 Å². The fourth-order valence-electron chi connectivity index (χ4n) is 1.81. The van der Waals surface area contributed by atoms with Crippen LogP contribution in [0.3, 0.4) is 0 Å². The molecule has 2 heterocycles. The van der Waals surface area contributed by atoms with Crippen LogP contribution in [0.15, 0.2) is 49.1 Å². The number of hydrogen-bond donors (Lipinski definition) is 0. The van der Waals surface area contributed by atoms with Crippen molar-refractivity contribution in [2.45, 2.75) is 6.92 Å². The standard InChI is InChI=1S/C14H11FN4/c1-10-6-14(17-9-16-10)19-8-12(7-18-19)11-2-4-13(15)5-3-11/h2-9H,1H3. The van der Waals surface area contributed by atoms with Crippen LogP contribution in [-0.2, 0) is 0 Å². The van der Waals surface area contributed by atoms with E-state index in [4.69, 9.17) is 0 Å². The average molecular weight is 254 g/mol. The molecule has 94 valence electrons. The first-order valence-corrected chi connectivity index (χ1v) is 5.82. The molecule has 0 aliphatic carbocycles. The second kappa shape index (κ2) is 4.61. The van der Waals surface area contributed by atoms with Crippen LogP contribution >= 0.6 is 0 Å². The molecule has 0 saturated carbocycles. The van der Waals surface area contributed by atoms with Crippen molar-refractivity contribution in [3.8, 4) is 16.9 Å². The minimum Gasteiger partial charge on any atom is -0.242 e. The Morgan fingerprint density at radius 3 is 2.58 bits per heavy atom. The molecule has 0 fully saturated rings. The Kier molecular flexibility index (Phi) is 2.79. The van der Waals surface area contributed by atoms with Gasteiger partial charge in [0.2, 0.25) is 0 Å². The van der Waals surface area contributed by atoms with E-state index in [1.54, 1.807) is 23.0 Å². The van der Waals surface area contributed by atoms with Crippen LogP contribution in [0.4, 0.5) is 4.39 Å². The predicted molar refractivity (Wildman–Crippen MR) is 69.3 cm³/mol. The van der Waals surface area contributed by atoms with E-state index in [0.29, 0.717) is 5.82 Å². The van der Waals surface area contributed by atoms with Gasteiger partial charge >= 0.3 is 0 Å². The van der Waals surface area contributed by atoms with Crippen LogP contribution < -0.4 is 0 Å². The van der Waals surface area contributed by atoms with E-state index in [-0.39, 0.29) is 5.82 Å². The third-order valence-corrected chi connectivity index (χ3v) is 2.78. The Labute approximate surface area is 109 Å². The lowest BCUT2D eigenvalue weighted by Crippen LogP contribution is -1.98. The summed E-state index contributed by atoms with van der Waals surface area (Å²) in [6, 6.07) is 8.16. The molecule has 0 N–H and O–H groups in total. The summed E-state index contributed by atoms with van der Waals surface area (Å²) in [6.45, 7) is 1.90. The molecule has 4 nitrogen and oxygen atoms in total. The lowest BCUT2D eigenvalue weighted by molar-refractivity contribution is 0.628. The van der Waals surface area contributed by atoms with Gasteiger partial charge < -0.3 is 0 Å². The molecule has 0 radical (unpaired) electrons. The highest BCUT2D eigenvalue weighted by Gasteiger charge is 2.04. The minimum absolute atomic E-state index is 0.248. The zero-order valence-electron chi connectivity index (χ0n) is 10.3. The van der Waals surface area contributed by atoms with Crippen molar-refractivity contribution in [3.63, 3.8) is 0 Å². The van der Waals surface area contributed by atoms with Crippen LogP contribution in [0.5, 0.6) is 0 Å². The van der Waals surface area contributed by atoms with Gasteiger partial charge in [-0.15, -0.1) is 0 Å². The first-order valence-electron chi connectivity index (χ1n) is 5.82. The quantitative estimate of drug-likeness (QED) is 0.706. The van der Waals surface area contributed by atoms with Crippen LogP contribution in [0.1, 0.15) is 5.69 Å². The fourth-order valence-corrected chi connectivity index (χ4v) is 1.81. The van der Waals surface area contributed by atoms with Gasteiger partial charge in [-0.2, -0.15) is 5.10 Å². The van der Waals surface area contributed by atoms with Gasteiger partial charge in [-0.3, -0.25) is 0 Å². The summed E-state index contributed by atoms with van der Waals surface area (Å²) in [7, 11) is 0. The van der Waals surface area contributed by atoms with Crippen molar-refractivity contribution in [1.82, 2.24) is 19.7 Å². The van der Waals surface area contributed by atoms with Crippen molar-refractivity contribution in [2.75, 3.05) is 0 Å². The highest BCUT2D eigenvalue weighted by atomic mass is 19.1. The molecule has 2 aromatic heterocycles. The normalized spacial score (nSPS) is 10.6. The molecule has 19 heavy (non-hydrogen) atoms. The first kappa shape index (κ1) is 11.5. The van der Waals surface area contributed by atoms with Gasteiger partial charge in [0, 0.05) is 23.5 Å². The number of aromatic nitrogens is 4. The third kappa shape index (κ3) is 2.35. The van der Waals surface area contributed by atoms with Crippen molar-refractivity contribution in [3.05, 3.63) is 60.6 Å². The van der Waals surface area contributed by atoms with E-state index in [9.17, 15) is 4.39 Å². The zero-order chi connectivity index (χ0) is 13.2. The molecule has 0 amide bonds. The molecular weight excluding hydrogens is 243 g/mol.